The van der Waals surface area contributed by atoms with Crippen LogP contribution in [0.4, 0.5) is 0 Å². The molecule has 0 radical (unpaired) electrons. The maximum absolute atomic E-state index is 5.56. The molecule has 1 saturated heterocycles. The molecule has 2 aliphatic heterocycles. The number of hydrogen-bond donors (Lipinski definition) is 1. The lowest BCUT2D eigenvalue weighted by Crippen LogP contribution is -2.26. The van der Waals surface area contributed by atoms with Crippen molar-refractivity contribution in [3.63, 3.8) is 0 Å². The number of ether oxygens (including phenoxy) is 1. The van der Waals surface area contributed by atoms with E-state index in [-0.39, 0.29) is 0 Å². The quantitative estimate of drug-likeness (QED) is 0.775. The summed E-state index contributed by atoms with van der Waals surface area (Å²) in [7, 11) is 0. The minimum atomic E-state index is 0.497. The molecule has 0 aromatic rings. The molecule has 0 aliphatic carbocycles. The molecule has 0 aromatic carbocycles. The summed E-state index contributed by atoms with van der Waals surface area (Å²) in [6.45, 7) is 2.96. The van der Waals surface area contributed by atoms with E-state index in [2.05, 4.69) is 10.3 Å². The predicted octanol–water partition coefficient (Wildman–Crippen LogP) is 1.64. The second-order valence-electron chi connectivity index (χ2n) is 3.74. The first-order valence-corrected chi connectivity index (χ1v) is 6.46. The fourth-order valence-corrected chi connectivity index (χ4v) is 2.63. The smallest absolute Gasteiger partial charge is 0.156 e. The zero-order valence-corrected chi connectivity index (χ0v) is 9.31. The molecular formula is C10H18N2OS. The van der Waals surface area contributed by atoms with E-state index in [4.69, 9.17) is 4.74 Å². The van der Waals surface area contributed by atoms with Crippen molar-refractivity contribution in [1.29, 1.82) is 0 Å². The van der Waals surface area contributed by atoms with Gasteiger partial charge in [0.25, 0.3) is 0 Å². The highest BCUT2D eigenvalue weighted by Gasteiger charge is 2.15. The van der Waals surface area contributed by atoms with Crippen LogP contribution >= 0.6 is 11.8 Å². The van der Waals surface area contributed by atoms with Crippen LogP contribution < -0.4 is 5.32 Å². The number of aliphatic imine (C=N–C) groups is 1. The van der Waals surface area contributed by atoms with Gasteiger partial charge >= 0.3 is 0 Å². The summed E-state index contributed by atoms with van der Waals surface area (Å²) in [4.78, 5) is 4.42. The lowest BCUT2D eigenvalue weighted by Gasteiger charge is -2.14. The van der Waals surface area contributed by atoms with E-state index in [9.17, 15) is 0 Å². The van der Waals surface area contributed by atoms with Crippen LogP contribution in [0.1, 0.15) is 25.7 Å². The highest BCUT2D eigenvalue weighted by Crippen LogP contribution is 2.15. The molecule has 0 aromatic heterocycles. The van der Waals surface area contributed by atoms with Gasteiger partial charge in [-0.05, 0) is 25.7 Å². The first kappa shape index (κ1) is 10.3. The maximum Gasteiger partial charge on any atom is 0.156 e. The van der Waals surface area contributed by atoms with Gasteiger partial charge in [-0.3, -0.25) is 4.99 Å². The number of hydrogen-bond acceptors (Lipinski definition) is 4. The van der Waals surface area contributed by atoms with Crippen LogP contribution in [0.15, 0.2) is 4.99 Å². The lowest BCUT2D eigenvalue weighted by molar-refractivity contribution is 0.105. The van der Waals surface area contributed by atoms with Crippen molar-refractivity contribution in [2.75, 3.05) is 25.4 Å². The summed E-state index contributed by atoms with van der Waals surface area (Å²) in [5, 5.41) is 4.51. The Morgan fingerprint density at radius 2 is 2.50 bits per heavy atom. The van der Waals surface area contributed by atoms with Crippen molar-refractivity contribution in [2.45, 2.75) is 31.8 Å². The standard InChI is InChI=1S/C10H18N2OS/c1-3-9(13-7-1)4-6-12-10-11-5-2-8-14-10/h9H,1-8H2,(H,11,12). The van der Waals surface area contributed by atoms with Crippen molar-refractivity contribution in [2.24, 2.45) is 4.99 Å². The van der Waals surface area contributed by atoms with E-state index in [1.54, 1.807) is 0 Å². The zero-order chi connectivity index (χ0) is 9.64. The fourth-order valence-electron chi connectivity index (χ4n) is 1.78. The van der Waals surface area contributed by atoms with Crippen LogP contribution in [-0.2, 0) is 4.74 Å². The van der Waals surface area contributed by atoms with Gasteiger partial charge in [0, 0.05) is 25.4 Å². The van der Waals surface area contributed by atoms with Crippen LogP contribution in [0.2, 0.25) is 0 Å². The molecule has 0 bridgehead atoms. The average Bonchev–Trinajstić information content (AvgIpc) is 2.72. The minimum absolute atomic E-state index is 0.497. The number of thioether (sulfide) groups is 1. The molecule has 2 aliphatic rings. The third kappa shape index (κ3) is 3.17. The Hall–Kier alpha value is -0.220. The maximum atomic E-state index is 5.56. The largest absolute Gasteiger partial charge is 0.378 e. The Kier molecular flexibility index (Phi) is 4.13. The van der Waals surface area contributed by atoms with E-state index in [1.807, 2.05) is 11.8 Å². The molecular weight excluding hydrogens is 196 g/mol. The van der Waals surface area contributed by atoms with Crippen molar-refractivity contribution < 1.29 is 4.74 Å². The first-order chi connectivity index (χ1) is 6.95. The predicted molar refractivity (Wildman–Crippen MR) is 61.0 cm³/mol. The third-order valence-corrected chi connectivity index (χ3v) is 3.60. The van der Waals surface area contributed by atoms with Gasteiger partial charge in [-0.2, -0.15) is 0 Å². The van der Waals surface area contributed by atoms with Gasteiger partial charge in [-0.1, -0.05) is 11.8 Å². The van der Waals surface area contributed by atoms with Crippen molar-refractivity contribution in [3.05, 3.63) is 0 Å². The molecule has 2 rings (SSSR count). The van der Waals surface area contributed by atoms with Crippen molar-refractivity contribution in [3.8, 4) is 0 Å². The lowest BCUT2D eigenvalue weighted by atomic mass is 10.2. The second kappa shape index (κ2) is 5.61. The third-order valence-electron chi connectivity index (χ3n) is 2.56. The molecule has 2 heterocycles. The normalized spacial score (nSPS) is 27.4. The first-order valence-electron chi connectivity index (χ1n) is 5.48. The van der Waals surface area contributed by atoms with E-state index in [1.165, 1.54) is 25.0 Å². The van der Waals surface area contributed by atoms with Gasteiger partial charge in [0.1, 0.15) is 0 Å². The summed E-state index contributed by atoms with van der Waals surface area (Å²) in [6, 6.07) is 0. The average molecular weight is 214 g/mol. The van der Waals surface area contributed by atoms with Crippen LogP contribution in [0.25, 0.3) is 0 Å². The molecule has 4 heteroatoms. The second-order valence-corrected chi connectivity index (χ2v) is 4.82. The van der Waals surface area contributed by atoms with Gasteiger partial charge in [-0.25, -0.2) is 0 Å². The van der Waals surface area contributed by atoms with Crippen molar-refractivity contribution in [1.82, 2.24) is 5.32 Å². The molecule has 0 amide bonds. The number of amidine groups is 1. The van der Waals surface area contributed by atoms with E-state index < -0.39 is 0 Å². The van der Waals surface area contributed by atoms with E-state index in [0.29, 0.717) is 6.10 Å². The van der Waals surface area contributed by atoms with Crippen molar-refractivity contribution >= 4 is 16.9 Å². The van der Waals surface area contributed by atoms with Crippen LogP contribution in [0.5, 0.6) is 0 Å². The Bertz CT molecular complexity index is 202. The van der Waals surface area contributed by atoms with Crippen LogP contribution in [-0.4, -0.2) is 36.7 Å². The topological polar surface area (TPSA) is 33.6 Å². The number of nitrogens with one attached hydrogen (secondary N) is 1. The SMILES string of the molecule is C1CN=C(NCCC2CCCO2)SC1. The minimum Gasteiger partial charge on any atom is -0.378 e. The summed E-state index contributed by atoms with van der Waals surface area (Å²) in [5.74, 6) is 1.21. The number of nitrogens with zero attached hydrogens (tertiary/aromatic N) is 1. The molecule has 1 fully saturated rings. The molecule has 1 unspecified atom stereocenters. The summed E-state index contributed by atoms with van der Waals surface area (Å²) in [5.41, 5.74) is 0. The Labute approximate surface area is 89.7 Å². The monoisotopic (exact) mass is 214 g/mol. The summed E-state index contributed by atoms with van der Waals surface area (Å²) in [6.07, 6.45) is 5.32. The molecule has 1 atom stereocenters. The van der Waals surface area contributed by atoms with Crippen LogP contribution in [0, 0.1) is 0 Å². The zero-order valence-electron chi connectivity index (χ0n) is 8.50. The Morgan fingerprint density at radius 3 is 3.21 bits per heavy atom. The molecule has 14 heavy (non-hydrogen) atoms. The Morgan fingerprint density at radius 1 is 1.50 bits per heavy atom. The Balaban J connectivity index is 1.59. The fraction of sp³-hybridized carbons (Fsp3) is 0.900. The van der Waals surface area contributed by atoms with E-state index >= 15 is 0 Å². The van der Waals surface area contributed by atoms with Gasteiger partial charge in [-0.15, -0.1) is 0 Å². The van der Waals surface area contributed by atoms with E-state index in [0.717, 1.165) is 31.3 Å². The van der Waals surface area contributed by atoms with Gasteiger partial charge in [0.15, 0.2) is 5.17 Å². The molecule has 1 N–H and O–H groups in total. The van der Waals surface area contributed by atoms with Gasteiger partial charge < -0.3 is 10.1 Å². The summed E-state index contributed by atoms with van der Waals surface area (Å²) >= 11 is 1.84. The highest BCUT2D eigenvalue weighted by molar-refractivity contribution is 8.13. The van der Waals surface area contributed by atoms with Gasteiger partial charge in [0.05, 0.1) is 6.10 Å². The molecule has 0 saturated carbocycles. The van der Waals surface area contributed by atoms with Gasteiger partial charge in [0.2, 0.25) is 0 Å². The van der Waals surface area contributed by atoms with Crippen LogP contribution in [0.3, 0.4) is 0 Å². The molecule has 3 nitrogen and oxygen atoms in total. The summed E-state index contributed by atoms with van der Waals surface area (Å²) < 4.78 is 5.56. The number of rotatable bonds is 3. The molecule has 0 spiro atoms. The highest BCUT2D eigenvalue weighted by atomic mass is 32.2. The molecule has 80 valence electrons.